The Labute approximate surface area is 218 Å². The van der Waals surface area contributed by atoms with E-state index in [2.05, 4.69) is 11.4 Å². The molecule has 38 heavy (non-hydrogen) atoms. The van der Waals surface area contributed by atoms with Gasteiger partial charge in [-0.05, 0) is 35.6 Å². The maximum Gasteiger partial charge on any atom is 0.490 e. The van der Waals surface area contributed by atoms with Crippen LogP contribution in [0.15, 0.2) is 36.4 Å². The second-order valence-electron chi connectivity index (χ2n) is 9.83. The molecule has 6 nitrogen and oxygen atoms in total. The maximum absolute atomic E-state index is 15.2. The molecule has 0 spiro atoms. The minimum Gasteiger partial charge on any atom is -0.480 e. The third-order valence-corrected chi connectivity index (χ3v) is 6.19. The van der Waals surface area contributed by atoms with Crippen LogP contribution in [0.5, 0.6) is 0 Å². The summed E-state index contributed by atoms with van der Waals surface area (Å²) in [6, 6.07) is 6.91. The number of carboxylic acid groups (broad SMARTS) is 2. The predicted octanol–water partition coefficient (Wildman–Crippen LogP) is 5.80. The fourth-order valence-electron chi connectivity index (χ4n) is 4.54. The Morgan fingerprint density at radius 2 is 1.66 bits per heavy atom. The summed E-state index contributed by atoms with van der Waals surface area (Å²) in [4.78, 5) is 21.1. The summed E-state index contributed by atoms with van der Waals surface area (Å²) < 4.78 is 75.9. The topological polar surface area (TPSA) is 110 Å². The molecule has 0 saturated carbocycles. The van der Waals surface area contributed by atoms with E-state index in [1.165, 1.54) is 24.3 Å². The summed E-state index contributed by atoms with van der Waals surface area (Å²) in [7, 11) is 0. The molecular weight excluding hydrogens is 542 g/mol. The second-order valence-corrected chi connectivity index (χ2v) is 10.3. The summed E-state index contributed by atoms with van der Waals surface area (Å²) in [5.41, 5.74) is -2.63. The summed E-state index contributed by atoms with van der Waals surface area (Å²) >= 11 is 5.89. The van der Waals surface area contributed by atoms with Crippen molar-refractivity contribution >= 4 is 23.5 Å². The Bertz CT molecular complexity index is 1260. The van der Waals surface area contributed by atoms with Crippen LogP contribution < -0.4 is 5.32 Å². The zero-order valence-electron chi connectivity index (χ0n) is 20.2. The Balaban J connectivity index is 0.000000638. The number of carbonyl (C=O) groups is 2. The van der Waals surface area contributed by atoms with Crippen LogP contribution >= 0.6 is 11.6 Å². The van der Waals surface area contributed by atoms with Gasteiger partial charge in [0.25, 0.3) is 0 Å². The molecule has 1 saturated heterocycles. The molecule has 1 aliphatic heterocycles. The van der Waals surface area contributed by atoms with Crippen LogP contribution in [0.1, 0.15) is 44.2 Å². The van der Waals surface area contributed by atoms with Crippen molar-refractivity contribution in [1.29, 1.82) is 5.26 Å². The zero-order chi connectivity index (χ0) is 29.2. The number of halogens is 7. The van der Waals surface area contributed by atoms with Gasteiger partial charge < -0.3 is 10.2 Å². The average molecular weight is 565 g/mol. The number of nitriles is 1. The minimum absolute atomic E-state index is 0.0935. The maximum atomic E-state index is 15.2. The van der Waals surface area contributed by atoms with Gasteiger partial charge in [0, 0.05) is 22.5 Å². The van der Waals surface area contributed by atoms with Gasteiger partial charge in [0.2, 0.25) is 0 Å². The van der Waals surface area contributed by atoms with Crippen molar-refractivity contribution in [3.8, 4) is 6.07 Å². The number of carboxylic acids is 2. The third-order valence-electron chi connectivity index (χ3n) is 5.96. The summed E-state index contributed by atoms with van der Waals surface area (Å²) in [6.45, 7) is 5.67. The molecule has 4 atom stereocenters. The van der Waals surface area contributed by atoms with Gasteiger partial charge in [0.15, 0.2) is 11.6 Å². The average Bonchev–Trinajstić information content (AvgIpc) is 3.08. The summed E-state index contributed by atoms with van der Waals surface area (Å²) in [5, 5.41) is 30.5. The molecule has 3 rings (SSSR count). The lowest BCUT2D eigenvalue weighted by atomic mass is 9.62. The molecule has 0 bridgehead atoms. The molecule has 206 valence electrons. The van der Waals surface area contributed by atoms with Gasteiger partial charge in [0.1, 0.15) is 17.3 Å². The van der Waals surface area contributed by atoms with Gasteiger partial charge in [-0.25, -0.2) is 18.0 Å². The molecule has 2 aromatic rings. The lowest BCUT2D eigenvalue weighted by Gasteiger charge is -2.37. The SMILES string of the molecule is CC(C)(C)CC1NC(C(=O)O)C(c2cccc(F)c2F)C1(C#N)c1ccc(Cl)cc1F.O=C(O)C(F)(F)F. The summed E-state index contributed by atoms with van der Waals surface area (Å²) in [5.74, 6) is -8.75. The fourth-order valence-corrected chi connectivity index (χ4v) is 4.70. The number of hydrogen-bond acceptors (Lipinski definition) is 4. The number of rotatable bonds is 4. The fraction of sp³-hybridized carbons (Fsp3) is 0.400. The largest absolute Gasteiger partial charge is 0.490 e. The molecule has 2 aromatic carbocycles. The number of alkyl halides is 3. The highest BCUT2D eigenvalue weighted by atomic mass is 35.5. The molecule has 0 aromatic heterocycles. The number of hydrogen-bond donors (Lipinski definition) is 3. The highest BCUT2D eigenvalue weighted by Crippen LogP contribution is 2.52. The Kier molecular flexibility index (Phi) is 9.12. The van der Waals surface area contributed by atoms with Gasteiger partial charge in [-0.15, -0.1) is 0 Å². The first-order valence-corrected chi connectivity index (χ1v) is 11.3. The lowest BCUT2D eigenvalue weighted by Crippen LogP contribution is -2.44. The van der Waals surface area contributed by atoms with Crippen LogP contribution in [-0.2, 0) is 15.0 Å². The van der Waals surface area contributed by atoms with Crippen molar-refractivity contribution in [2.45, 2.75) is 56.8 Å². The monoisotopic (exact) mass is 564 g/mol. The first kappa shape index (κ1) is 30.9. The smallest absolute Gasteiger partial charge is 0.480 e. The van der Waals surface area contributed by atoms with Crippen LogP contribution in [0.4, 0.5) is 26.3 Å². The van der Waals surface area contributed by atoms with E-state index in [4.69, 9.17) is 21.5 Å². The van der Waals surface area contributed by atoms with E-state index in [0.29, 0.717) is 0 Å². The normalized spacial score (nSPS) is 23.2. The number of nitrogens with one attached hydrogen (secondary N) is 1. The van der Waals surface area contributed by atoms with E-state index < -0.39 is 59.0 Å². The molecule has 1 heterocycles. The van der Waals surface area contributed by atoms with E-state index in [9.17, 15) is 37.1 Å². The number of nitrogens with zero attached hydrogens (tertiary/aromatic N) is 1. The standard InChI is InChI=1S/C23H22ClF3N2O2.C2HF3O2/c1-22(2,3)10-17-23(11-28,14-8-7-12(24)9-16(14)26)18(20(29-17)21(30)31)13-5-4-6-15(25)19(13)27;3-2(4,5)1(6)7/h4-9,17-18,20,29H,10H2,1-3H3,(H,30,31);(H,6,7). The van der Waals surface area contributed by atoms with E-state index in [1.807, 2.05) is 20.8 Å². The van der Waals surface area contributed by atoms with Crippen LogP contribution in [0, 0.1) is 34.2 Å². The van der Waals surface area contributed by atoms with Crippen molar-refractivity contribution in [2.24, 2.45) is 5.41 Å². The molecule has 0 radical (unpaired) electrons. The third kappa shape index (κ3) is 6.39. The number of aliphatic carboxylic acids is 2. The minimum atomic E-state index is -5.08. The molecule has 1 aliphatic rings. The second kappa shape index (κ2) is 11.2. The van der Waals surface area contributed by atoms with Crippen molar-refractivity contribution in [3.05, 3.63) is 70.0 Å². The molecule has 0 amide bonds. The van der Waals surface area contributed by atoms with Crippen molar-refractivity contribution in [1.82, 2.24) is 5.32 Å². The molecule has 0 aliphatic carbocycles. The first-order chi connectivity index (χ1) is 17.4. The highest BCUT2D eigenvalue weighted by Gasteiger charge is 2.61. The summed E-state index contributed by atoms with van der Waals surface area (Å²) in [6.07, 6.45) is -4.81. The van der Waals surface area contributed by atoms with Gasteiger partial charge in [-0.3, -0.25) is 10.1 Å². The molecule has 3 N–H and O–H groups in total. The van der Waals surface area contributed by atoms with E-state index >= 15 is 4.39 Å². The van der Waals surface area contributed by atoms with Crippen LogP contribution in [0.2, 0.25) is 5.02 Å². The molecule has 4 unspecified atom stereocenters. The Morgan fingerprint density at radius 3 is 2.11 bits per heavy atom. The lowest BCUT2D eigenvalue weighted by molar-refractivity contribution is -0.192. The van der Waals surface area contributed by atoms with Crippen LogP contribution in [0.3, 0.4) is 0 Å². The molecule has 1 fully saturated rings. The molecular formula is C25H23ClF6N2O4. The number of benzene rings is 2. The quantitative estimate of drug-likeness (QED) is 0.405. The first-order valence-electron chi connectivity index (χ1n) is 11.0. The van der Waals surface area contributed by atoms with Gasteiger partial charge in [-0.1, -0.05) is 50.6 Å². The molecule has 13 heteroatoms. The Morgan fingerprint density at radius 1 is 1.08 bits per heavy atom. The van der Waals surface area contributed by atoms with Gasteiger partial charge >= 0.3 is 18.1 Å². The van der Waals surface area contributed by atoms with Crippen LogP contribution in [0.25, 0.3) is 0 Å². The van der Waals surface area contributed by atoms with Crippen molar-refractivity contribution in [3.63, 3.8) is 0 Å². The van der Waals surface area contributed by atoms with Gasteiger partial charge in [0.05, 0.1) is 6.07 Å². The predicted molar refractivity (Wildman–Crippen MR) is 124 cm³/mol. The van der Waals surface area contributed by atoms with Crippen molar-refractivity contribution in [2.75, 3.05) is 0 Å². The van der Waals surface area contributed by atoms with E-state index in [0.717, 1.165) is 12.1 Å². The van der Waals surface area contributed by atoms with Gasteiger partial charge in [-0.2, -0.15) is 18.4 Å². The van der Waals surface area contributed by atoms with E-state index in [1.54, 1.807) is 0 Å². The van der Waals surface area contributed by atoms with Crippen LogP contribution in [-0.4, -0.2) is 40.4 Å². The van der Waals surface area contributed by atoms with Crippen molar-refractivity contribution < 1.29 is 46.1 Å². The van der Waals surface area contributed by atoms with E-state index in [-0.39, 0.29) is 28.0 Å². The zero-order valence-corrected chi connectivity index (χ0v) is 21.0. The Hall–Kier alpha value is -3.30. The highest BCUT2D eigenvalue weighted by molar-refractivity contribution is 6.30.